The number of carbonyl (C=O) groups is 1. The number of fused-ring (bicyclic) bond motifs is 1. The minimum absolute atomic E-state index is 0.165. The second-order valence-electron chi connectivity index (χ2n) is 4.58. The molecule has 1 fully saturated rings. The predicted molar refractivity (Wildman–Crippen MR) is 72.8 cm³/mol. The molecule has 2 aromatic rings. The molecule has 0 aromatic carbocycles. The lowest BCUT2D eigenvalue weighted by Crippen LogP contribution is -2.31. The lowest BCUT2D eigenvalue weighted by molar-refractivity contribution is -0.0590. The van der Waals surface area contributed by atoms with Crippen LogP contribution in [0.5, 0.6) is 0 Å². The molecule has 0 unspecified atom stereocenters. The first-order chi connectivity index (χ1) is 9.72. The molecule has 6 nitrogen and oxygen atoms in total. The van der Waals surface area contributed by atoms with E-state index in [9.17, 15) is 4.79 Å². The molecule has 0 radical (unpaired) electrons. The van der Waals surface area contributed by atoms with Crippen LogP contribution < -0.4 is 0 Å². The van der Waals surface area contributed by atoms with Crippen LogP contribution in [0.25, 0.3) is 11.2 Å². The van der Waals surface area contributed by atoms with E-state index in [0.717, 1.165) is 18.9 Å². The summed E-state index contributed by atoms with van der Waals surface area (Å²) in [6.07, 6.45) is 1.18. The largest absolute Gasteiger partial charge is 0.464 e. The van der Waals surface area contributed by atoms with E-state index in [1.165, 1.54) is 7.11 Å². The summed E-state index contributed by atoms with van der Waals surface area (Å²) in [7, 11) is 1.33. The van der Waals surface area contributed by atoms with Crippen molar-refractivity contribution < 1.29 is 14.3 Å². The maximum absolute atomic E-state index is 11.6. The minimum Gasteiger partial charge on any atom is -0.464 e. The van der Waals surface area contributed by atoms with Crippen LogP contribution >= 0.6 is 11.6 Å². The molecule has 1 saturated heterocycles. The van der Waals surface area contributed by atoms with Crippen LogP contribution in [-0.4, -0.2) is 40.3 Å². The zero-order valence-corrected chi connectivity index (χ0v) is 11.8. The first-order valence-electron chi connectivity index (χ1n) is 6.35. The normalized spacial score (nSPS) is 18.0. The molecule has 0 aliphatic carbocycles. The third-order valence-corrected chi connectivity index (χ3v) is 3.60. The Morgan fingerprint density at radius 3 is 2.95 bits per heavy atom. The molecule has 0 saturated carbocycles. The molecule has 0 N–H and O–H groups in total. The highest BCUT2D eigenvalue weighted by Crippen LogP contribution is 2.21. The molecule has 3 heterocycles. The molecule has 0 bridgehead atoms. The molecule has 1 atom stereocenters. The topological polar surface area (TPSA) is 66.2 Å². The van der Waals surface area contributed by atoms with Crippen molar-refractivity contribution in [3.05, 3.63) is 23.7 Å². The third kappa shape index (κ3) is 2.25. The summed E-state index contributed by atoms with van der Waals surface area (Å²) in [5, 5.41) is 0. The number of alkyl halides is 1. The van der Waals surface area contributed by atoms with Crippen LogP contribution in [0, 0.1) is 0 Å². The number of methoxy groups -OCH3 is 1. The van der Waals surface area contributed by atoms with E-state index < -0.39 is 5.97 Å². The second-order valence-corrected chi connectivity index (χ2v) is 4.85. The van der Waals surface area contributed by atoms with Gasteiger partial charge in [0.05, 0.1) is 25.6 Å². The summed E-state index contributed by atoms with van der Waals surface area (Å²) >= 11 is 5.93. The van der Waals surface area contributed by atoms with Gasteiger partial charge >= 0.3 is 5.97 Å². The summed E-state index contributed by atoms with van der Waals surface area (Å²) in [6, 6.07) is 3.35. The highest BCUT2D eigenvalue weighted by molar-refractivity contribution is 6.16. The van der Waals surface area contributed by atoms with Crippen LogP contribution in [-0.2, 0) is 21.9 Å². The number of hydrogen-bond acceptors (Lipinski definition) is 5. The van der Waals surface area contributed by atoms with Crippen LogP contribution in [0.3, 0.4) is 0 Å². The van der Waals surface area contributed by atoms with E-state index >= 15 is 0 Å². The minimum atomic E-state index is -0.466. The standard InChI is InChI=1S/C13H14ClN3O3/c1-19-13(18)10-3-2-9-12(16-10)17(11(6-14)15-9)7-8-4-5-20-8/h2-3,8H,4-7H2,1H3/t8-/m0/s1. The van der Waals surface area contributed by atoms with Crippen molar-refractivity contribution in [3.8, 4) is 0 Å². The average Bonchev–Trinajstić information content (AvgIpc) is 2.78. The number of pyridine rings is 1. The zero-order valence-electron chi connectivity index (χ0n) is 11.0. The van der Waals surface area contributed by atoms with Gasteiger partial charge in [0.1, 0.15) is 11.3 Å². The van der Waals surface area contributed by atoms with Gasteiger partial charge in [-0.25, -0.2) is 14.8 Å². The smallest absolute Gasteiger partial charge is 0.356 e. The Kier molecular flexibility index (Phi) is 3.58. The maximum atomic E-state index is 11.6. The molecular weight excluding hydrogens is 282 g/mol. The van der Waals surface area contributed by atoms with Crippen LogP contribution in [0.2, 0.25) is 0 Å². The summed E-state index contributed by atoms with van der Waals surface area (Å²) in [5.74, 6) is 0.551. The fourth-order valence-corrected chi connectivity index (χ4v) is 2.40. The number of nitrogens with zero attached hydrogens (tertiary/aromatic N) is 3. The van der Waals surface area contributed by atoms with Crippen LogP contribution in [0.1, 0.15) is 22.7 Å². The first kappa shape index (κ1) is 13.3. The van der Waals surface area contributed by atoms with Crippen molar-refractivity contribution in [2.75, 3.05) is 13.7 Å². The Bertz CT molecular complexity index is 652. The van der Waals surface area contributed by atoms with Gasteiger partial charge in [0.2, 0.25) is 0 Å². The van der Waals surface area contributed by atoms with Gasteiger partial charge in [-0.1, -0.05) is 0 Å². The highest BCUT2D eigenvalue weighted by atomic mass is 35.5. The van der Waals surface area contributed by atoms with Crippen LogP contribution in [0.15, 0.2) is 12.1 Å². The van der Waals surface area contributed by atoms with Crippen molar-refractivity contribution >= 4 is 28.7 Å². The van der Waals surface area contributed by atoms with E-state index in [1.807, 2.05) is 4.57 Å². The van der Waals surface area contributed by atoms with Gasteiger partial charge in [0, 0.05) is 6.61 Å². The van der Waals surface area contributed by atoms with E-state index in [2.05, 4.69) is 14.7 Å². The number of ether oxygens (including phenoxy) is 2. The quantitative estimate of drug-likeness (QED) is 0.635. The molecule has 20 heavy (non-hydrogen) atoms. The Morgan fingerprint density at radius 1 is 1.55 bits per heavy atom. The van der Waals surface area contributed by atoms with E-state index in [0.29, 0.717) is 17.7 Å². The monoisotopic (exact) mass is 295 g/mol. The number of hydrogen-bond donors (Lipinski definition) is 0. The van der Waals surface area contributed by atoms with Crippen molar-refractivity contribution in [3.63, 3.8) is 0 Å². The summed E-state index contributed by atoms with van der Waals surface area (Å²) in [6.45, 7) is 1.44. The summed E-state index contributed by atoms with van der Waals surface area (Å²) < 4.78 is 12.0. The van der Waals surface area contributed by atoms with E-state index in [-0.39, 0.29) is 17.7 Å². The average molecular weight is 296 g/mol. The van der Waals surface area contributed by atoms with Crippen LogP contribution in [0.4, 0.5) is 0 Å². The van der Waals surface area contributed by atoms with Gasteiger partial charge < -0.3 is 14.0 Å². The Balaban J connectivity index is 2.05. The fraction of sp³-hybridized carbons (Fsp3) is 0.462. The lowest BCUT2D eigenvalue weighted by atomic mass is 10.2. The van der Waals surface area contributed by atoms with Gasteiger partial charge in [-0.3, -0.25) is 0 Å². The third-order valence-electron chi connectivity index (χ3n) is 3.36. The van der Waals surface area contributed by atoms with Gasteiger partial charge in [0.25, 0.3) is 0 Å². The molecule has 0 spiro atoms. The predicted octanol–water partition coefficient (Wildman–Crippen LogP) is 1.75. The molecule has 0 amide bonds. The number of esters is 1. The zero-order chi connectivity index (χ0) is 14.1. The number of aromatic nitrogens is 3. The van der Waals surface area contributed by atoms with Gasteiger partial charge in [0.15, 0.2) is 11.3 Å². The SMILES string of the molecule is COC(=O)c1ccc2nc(CCl)n(C[C@@H]3CCO3)c2n1. The Morgan fingerprint density at radius 2 is 2.35 bits per heavy atom. The fourth-order valence-electron chi connectivity index (χ4n) is 2.19. The number of rotatable bonds is 4. The van der Waals surface area contributed by atoms with Crippen molar-refractivity contribution in [1.29, 1.82) is 0 Å². The highest BCUT2D eigenvalue weighted by Gasteiger charge is 2.22. The van der Waals surface area contributed by atoms with E-state index in [1.54, 1.807) is 12.1 Å². The lowest BCUT2D eigenvalue weighted by Gasteiger charge is -2.27. The number of imidazole rings is 1. The summed E-state index contributed by atoms with van der Waals surface area (Å²) in [4.78, 5) is 20.3. The summed E-state index contributed by atoms with van der Waals surface area (Å²) in [5.41, 5.74) is 1.61. The molecule has 2 aromatic heterocycles. The van der Waals surface area contributed by atoms with Crippen molar-refractivity contribution in [1.82, 2.24) is 14.5 Å². The number of halogens is 1. The molecule has 106 valence electrons. The van der Waals surface area contributed by atoms with Gasteiger partial charge in [-0.15, -0.1) is 11.6 Å². The Hall–Kier alpha value is -1.66. The van der Waals surface area contributed by atoms with E-state index in [4.69, 9.17) is 16.3 Å². The van der Waals surface area contributed by atoms with Gasteiger partial charge in [-0.2, -0.15) is 0 Å². The molecular formula is C13H14ClN3O3. The van der Waals surface area contributed by atoms with Gasteiger partial charge in [-0.05, 0) is 18.6 Å². The Labute approximate surface area is 120 Å². The number of carbonyl (C=O) groups excluding carboxylic acids is 1. The molecule has 1 aliphatic rings. The molecule has 7 heteroatoms. The molecule has 3 rings (SSSR count). The molecule has 1 aliphatic heterocycles. The first-order valence-corrected chi connectivity index (χ1v) is 6.88. The van der Waals surface area contributed by atoms with Crippen molar-refractivity contribution in [2.45, 2.75) is 24.9 Å². The maximum Gasteiger partial charge on any atom is 0.356 e. The van der Waals surface area contributed by atoms with Crippen molar-refractivity contribution in [2.24, 2.45) is 0 Å². The second kappa shape index (κ2) is 5.38.